The quantitative estimate of drug-likeness (QED) is 0.821. The van der Waals surface area contributed by atoms with Gasteiger partial charge in [-0.25, -0.2) is 4.98 Å². The van der Waals surface area contributed by atoms with Crippen molar-refractivity contribution in [2.75, 3.05) is 13.7 Å². The normalized spacial score (nSPS) is 11.7. The molecule has 0 aliphatic heterocycles. The second kappa shape index (κ2) is 5.25. The number of aromatic nitrogens is 1. The molecule has 0 radical (unpaired) electrons. The summed E-state index contributed by atoms with van der Waals surface area (Å²) in [5, 5.41) is 0. The van der Waals surface area contributed by atoms with E-state index in [0.29, 0.717) is 0 Å². The second-order valence-corrected chi connectivity index (χ2v) is 3.83. The fourth-order valence-electron chi connectivity index (χ4n) is 1.18. The van der Waals surface area contributed by atoms with Crippen LogP contribution in [0.3, 0.4) is 0 Å². The van der Waals surface area contributed by atoms with Gasteiger partial charge in [0.2, 0.25) is 0 Å². The third kappa shape index (κ3) is 4.13. The van der Waals surface area contributed by atoms with E-state index in [2.05, 4.69) is 9.72 Å². The van der Waals surface area contributed by atoms with Crippen molar-refractivity contribution in [2.24, 2.45) is 0 Å². The van der Waals surface area contributed by atoms with Crippen LogP contribution in [0.4, 0.5) is 13.2 Å². The average molecular weight is 249 g/mol. The molecule has 0 bridgehead atoms. The van der Waals surface area contributed by atoms with Crippen molar-refractivity contribution >= 4 is 0 Å². The Balaban J connectivity index is 2.90. The van der Waals surface area contributed by atoms with Crippen molar-refractivity contribution in [3.8, 4) is 11.6 Å². The van der Waals surface area contributed by atoms with E-state index in [4.69, 9.17) is 4.74 Å². The Bertz CT molecular complexity index is 377. The molecule has 0 amide bonds. The molecule has 1 aromatic rings. The standard InChI is InChI=1S/C11H14F3NO2/c1-7(2)8-4-9(10(16-3)15-5-8)17-6-11(12,13)14/h4-5,7H,6H2,1-3H3. The first-order valence-electron chi connectivity index (χ1n) is 5.07. The van der Waals surface area contributed by atoms with Crippen LogP contribution < -0.4 is 9.47 Å². The Morgan fingerprint density at radius 3 is 2.47 bits per heavy atom. The van der Waals surface area contributed by atoms with Gasteiger partial charge in [0.15, 0.2) is 12.4 Å². The molecular weight excluding hydrogens is 235 g/mol. The largest absolute Gasteiger partial charge is 0.478 e. The maximum atomic E-state index is 12.0. The van der Waals surface area contributed by atoms with Crippen LogP contribution in [0.1, 0.15) is 25.3 Å². The minimum atomic E-state index is -4.38. The number of nitrogens with zero attached hydrogens (tertiary/aromatic N) is 1. The van der Waals surface area contributed by atoms with Crippen LogP contribution in [0, 0.1) is 0 Å². The first-order chi connectivity index (χ1) is 7.83. The maximum Gasteiger partial charge on any atom is 0.422 e. The van der Waals surface area contributed by atoms with Gasteiger partial charge in [-0.15, -0.1) is 0 Å². The van der Waals surface area contributed by atoms with E-state index in [1.54, 1.807) is 6.20 Å². The highest BCUT2D eigenvalue weighted by Crippen LogP contribution is 2.29. The average Bonchev–Trinajstić information content (AvgIpc) is 2.24. The number of methoxy groups -OCH3 is 1. The summed E-state index contributed by atoms with van der Waals surface area (Å²) in [4.78, 5) is 3.90. The lowest BCUT2D eigenvalue weighted by atomic mass is 10.1. The third-order valence-corrected chi connectivity index (χ3v) is 2.09. The third-order valence-electron chi connectivity index (χ3n) is 2.09. The van der Waals surface area contributed by atoms with Crippen molar-refractivity contribution in [3.05, 3.63) is 17.8 Å². The smallest absolute Gasteiger partial charge is 0.422 e. The molecule has 0 saturated carbocycles. The van der Waals surface area contributed by atoms with Crippen molar-refractivity contribution in [1.29, 1.82) is 0 Å². The number of hydrogen-bond acceptors (Lipinski definition) is 3. The number of pyridine rings is 1. The van der Waals surface area contributed by atoms with Crippen molar-refractivity contribution < 1.29 is 22.6 Å². The summed E-state index contributed by atoms with van der Waals surface area (Å²) in [5.74, 6) is 0.219. The molecule has 96 valence electrons. The van der Waals surface area contributed by atoms with Gasteiger partial charge in [-0.2, -0.15) is 13.2 Å². The summed E-state index contributed by atoms with van der Waals surface area (Å²) in [7, 11) is 1.33. The summed E-state index contributed by atoms with van der Waals surface area (Å²) >= 11 is 0. The number of rotatable bonds is 4. The van der Waals surface area contributed by atoms with Crippen LogP contribution in [0.25, 0.3) is 0 Å². The predicted octanol–water partition coefficient (Wildman–Crippen LogP) is 3.15. The topological polar surface area (TPSA) is 31.4 Å². The minimum Gasteiger partial charge on any atom is -0.478 e. The van der Waals surface area contributed by atoms with E-state index in [-0.39, 0.29) is 17.5 Å². The Kier molecular flexibility index (Phi) is 4.20. The van der Waals surface area contributed by atoms with Gasteiger partial charge < -0.3 is 9.47 Å². The Morgan fingerprint density at radius 1 is 1.35 bits per heavy atom. The van der Waals surface area contributed by atoms with Gasteiger partial charge in [0, 0.05) is 6.20 Å². The Labute approximate surface area is 97.6 Å². The molecule has 1 aromatic heterocycles. The highest BCUT2D eigenvalue weighted by Gasteiger charge is 2.29. The maximum absolute atomic E-state index is 12.0. The monoisotopic (exact) mass is 249 g/mol. The molecule has 0 saturated heterocycles. The molecule has 0 N–H and O–H groups in total. The zero-order valence-electron chi connectivity index (χ0n) is 9.84. The van der Waals surface area contributed by atoms with Crippen LogP contribution in [0.5, 0.6) is 11.6 Å². The molecule has 6 heteroatoms. The SMILES string of the molecule is COc1ncc(C(C)C)cc1OCC(F)(F)F. The van der Waals surface area contributed by atoms with Gasteiger partial charge >= 0.3 is 6.18 Å². The van der Waals surface area contributed by atoms with Gasteiger partial charge in [-0.05, 0) is 17.5 Å². The van der Waals surface area contributed by atoms with E-state index in [1.807, 2.05) is 13.8 Å². The number of ether oxygens (including phenoxy) is 2. The molecule has 0 atom stereocenters. The molecule has 1 heterocycles. The molecule has 0 unspecified atom stereocenters. The number of halogens is 3. The van der Waals surface area contributed by atoms with Gasteiger partial charge in [0.1, 0.15) is 0 Å². The number of alkyl halides is 3. The summed E-state index contributed by atoms with van der Waals surface area (Å²) < 4.78 is 45.7. The Morgan fingerprint density at radius 2 is 2.00 bits per heavy atom. The zero-order valence-corrected chi connectivity index (χ0v) is 9.84. The van der Waals surface area contributed by atoms with Gasteiger partial charge in [-0.1, -0.05) is 13.8 Å². The molecule has 0 aromatic carbocycles. The molecular formula is C11H14F3NO2. The van der Waals surface area contributed by atoms with Crippen LogP contribution in [-0.4, -0.2) is 24.9 Å². The highest BCUT2D eigenvalue weighted by molar-refractivity contribution is 5.37. The van der Waals surface area contributed by atoms with E-state index in [1.165, 1.54) is 13.2 Å². The molecule has 0 fully saturated rings. The van der Waals surface area contributed by atoms with Gasteiger partial charge in [-0.3, -0.25) is 0 Å². The lowest BCUT2D eigenvalue weighted by molar-refractivity contribution is -0.153. The summed E-state index contributed by atoms with van der Waals surface area (Å²) in [6, 6.07) is 1.52. The highest BCUT2D eigenvalue weighted by atomic mass is 19.4. The molecule has 0 spiro atoms. The summed E-state index contributed by atoms with van der Waals surface area (Å²) in [6.45, 7) is 2.47. The molecule has 17 heavy (non-hydrogen) atoms. The van der Waals surface area contributed by atoms with E-state index >= 15 is 0 Å². The first-order valence-corrected chi connectivity index (χ1v) is 5.07. The Hall–Kier alpha value is -1.46. The van der Waals surface area contributed by atoms with E-state index in [9.17, 15) is 13.2 Å². The fourth-order valence-corrected chi connectivity index (χ4v) is 1.18. The van der Waals surface area contributed by atoms with Crippen LogP contribution in [0.15, 0.2) is 12.3 Å². The van der Waals surface area contributed by atoms with Crippen LogP contribution in [0.2, 0.25) is 0 Å². The minimum absolute atomic E-state index is 0.0102. The van der Waals surface area contributed by atoms with E-state index < -0.39 is 12.8 Å². The van der Waals surface area contributed by atoms with Gasteiger partial charge in [0.25, 0.3) is 5.88 Å². The molecule has 0 aliphatic rings. The van der Waals surface area contributed by atoms with E-state index in [0.717, 1.165) is 5.56 Å². The number of hydrogen-bond donors (Lipinski definition) is 0. The summed E-state index contributed by atoms with van der Waals surface area (Å²) in [6.07, 6.45) is -2.82. The summed E-state index contributed by atoms with van der Waals surface area (Å²) in [5.41, 5.74) is 0.794. The first kappa shape index (κ1) is 13.6. The molecule has 1 rings (SSSR count). The fraction of sp³-hybridized carbons (Fsp3) is 0.545. The predicted molar refractivity (Wildman–Crippen MR) is 56.4 cm³/mol. The van der Waals surface area contributed by atoms with Crippen molar-refractivity contribution in [1.82, 2.24) is 4.98 Å². The van der Waals surface area contributed by atoms with Crippen molar-refractivity contribution in [2.45, 2.75) is 25.9 Å². The lowest BCUT2D eigenvalue weighted by Crippen LogP contribution is -2.19. The zero-order chi connectivity index (χ0) is 13.1. The molecule has 0 aliphatic carbocycles. The van der Waals surface area contributed by atoms with Crippen molar-refractivity contribution in [3.63, 3.8) is 0 Å². The van der Waals surface area contributed by atoms with Crippen LogP contribution in [-0.2, 0) is 0 Å². The van der Waals surface area contributed by atoms with Gasteiger partial charge in [0.05, 0.1) is 7.11 Å². The second-order valence-electron chi connectivity index (χ2n) is 3.83. The lowest BCUT2D eigenvalue weighted by Gasteiger charge is -2.13. The van der Waals surface area contributed by atoms with Crippen LogP contribution >= 0.6 is 0 Å². The molecule has 3 nitrogen and oxygen atoms in total.